The Bertz CT molecular complexity index is 225. The zero-order valence-electron chi connectivity index (χ0n) is 10.8. The van der Waals surface area contributed by atoms with Crippen LogP contribution in [-0.2, 0) is 9.53 Å². The van der Waals surface area contributed by atoms with Gasteiger partial charge in [-0.15, -0.1) is 0 Å². The van der Waals surface area contributed by atoms with E-state index >= 15 is 0 Å². The Morgan fingerprint density at radius 3 is 2.12 bits per heavy atom. The van der Waals surface area contributed by atoms with Gasteiger partial charge in [-0.25, -0.2) is 0 Å². The minimum Gasteiger partial charge on any atom is -0.461 e. The number of hydrogen-bond acceptors (Lipinski definition) is 3. The predicted molar refractivity (Wildman–Crippen MR) is 65.0 cm³/mol. The van der Waals surface area contributed by atoms with E-state index in [1.807, 2.05) is 20.8 Å². The number of ether oxygens (including phenoxy) is 1. The minimum atomic E-state index is -0.518. The molecule has 0 bridgehead atoms. The summed E-state index contributed by atoms with van der Waals surface area (Å²) in [5.41, 5.74) is 5.66. The van der Waals surface area contributed by atoms with Gasteiger partial charge in [0.25, 0.3) is 0 Å². The summed E-state index contributed by atoms with van der Waals surface area (Å²) in [5.74, 6) is -0.237. The first kappa shape index (κ1) is 13.5. The van der Waals surface area contributed by atoms with Gasteiger partial charge < -0.3 is 10.5 Å². The van der Waals surface area contributed by atoms with Crippen molar-refractivity contribution in [2.24, 2.45) is 11.1 Å². The molecule has 0 amide bonds. The van der Waals surface area contributed by atoms with Gasteiger partial charge in [-0.3, -0.25) is 4.79 Å². The lowest BCUT2D eigenvalue weighted by molar-refractivity contribution is -0.153. The van der Waals surface area contributed by atoms with Crippen LogP contribution in [0, 0.1) is 5.41 Å². The molecule has 0 heterocycles. The van der Waals surface area contributed by atoms with Gasteiger partial charge in [0, 0.05) is 0 Å². The second-order valence-corrected chi connectivity index (χ2v) is 5.89. The van der Waals surface area contributed by atoms with Crippen LogP contribution in [0.3, 0.4) is 0 Å². The Morgan fingerprint density at radius 1 is 1.19 bits per heavy atom. The van der Waals surface area contributed by atoms with Crippen LogP contribution in [0.5, 0.6) is 0 Å². The minimum absolute atomic E-state index is 0.100. The molecule has 0 aromatic carbocycles. The van der Waals surface area contributed by atoms with Crippen molar-refractivity contribution in [3.63, 3.8) is 0 Å². The summed E-state index contributed by atoms with van der Waals surface area (Å²) >= 11 is 0. The van der Waals surface area contributed by atoms with Gasteiger partial charge in [0.1, 0.15) is 12.1 Å². The molecule has 16 heavy (non-hydrogen) atoms. The highest BCUT2D eigenvalue weighted by molar-refractivity contribution is 5.76. The third-order valence-electron chi connectivity index (χ3n) is 3.27. The lowest BCUT2D eigenvalue weighted by atomic mass is 9.87. The molecule has 0 unspecified atom stereocenters. The highest BCUT2D eigenvalue weighted by atomic mass is 16.5. The van der Waals surface area contributed by atoms with Crippen molar-refractivity contribution in [1.82, 2.24) is 0 Å². The van der Waals surface area contributed by atoms with Crippen LogP contribution in [-0.4, -0.2) is 18.1 Å². The SMILES string of the molecule is CC(C)(C)[C@@H](N)C(=O)OC1CCCCCC1. The Hall–Kier alpha value is -0.570. The summed E-state index contributed by atoms with van der Waals surface area (Å²) < 4.78 is 5.50. The number of hydrogen-bond donors (Lipinski definition) is 1. The van der Waals surface area contributed by atoms with Gasteiger partial charge >= 0.3 is 5.97 Å². The van der Waals surface area contributed by atoms with Gasteiger partial charge in [-0.05, 0) is 31.1 Å². The maximum absolute atomic E-state index is 11.8. The molecule has 3 heteroatoms. The third-order valence-corrected chi connectivity index (χ3v) is 3.27. The maximum Gasteiger partial charge on any atom is 0.323 e. The molecule has 0 spiro atoms. The van der Waals surface area contributed by atoms with E-state index in [9.17, 15) is 4.79 Å². The van der Waals surface area contributed by atoms with Gasteiger partial charge in [0.2, 0.25) is 0 Å². The molecule has 1 saturated carbocycles. The molecule has 0 aromatic heterocycles. The average Bonchev–Trinajstić information content (AvgIpc) is 2.43. The first-order valence-corrected chi connectivity index (χ1v) is 6.37. The molecule has 0 aliphatic heterocycles. The number of carbonyl (C=O) groups is 1. The number of rotatable bonds is 2. The van der Waals surface area contributed by atoms with Crippen molar-refractivity contribution in [2.45, 2.75) is 71.4 Å². The van der Waals surface area contributed by atoms with Crippen LogP contribution >= 0.6 is 0 Å². The molecule has 0 aromatic rings. The fourth-order valence-electron chi connectivity index (χ4n) is 1.95. The summed E-state index contributed by atoms with van der Waals surface area (Å²) in [4.78, 5) is 11.8. The van der Waals surface area contributed by atoms with Crippen molar-refractivity contribution in [3.05, 3.63) is 0 Å². The van der Waals surface area contributed by atoms with Crippen LogP contribution in [0.1, 0.15) is 59.3 Å². The van der Waals surface area contributed by atoms with Gasteiger partial charge in [-0.1, -0.05) is 33.6 Å². The van der Waals surface area contributed by atoms with Crippen LogP contribution < -0.4 is 5.73 Å². The summed E-state index contributed by atoms with van der Waals surface area (Å²) in [6, 6.07) is -0.518. The van der Waals surface area contributed by atoms with E-state index in [2.05, 4.69) is 0 Å². The van der Waals surface area contributed by atoms with Gasteiger partial charge in [0.05, 0.1) is 0 Å². The zero-order valence-corrected chi connectivity index (χ0v) is 10.8. The summed E-state index contributed by atoms with van der Waals surface area (Å²) in [6.07, 6.45) is 6.97. The molecular weight excluding hydrogens is 202 g/mol. The van der Waals surface area contributed by atoms with Crippen LogP contribution in [0.15, 0.2) is 0 Å². The fourth-order valence-corrected chi connectivity index (χ4v) is 1.95. The molecule has 1 aliphatic rings. The quantitative estimate of drug-likeness (QED) is 0.583. The van der Waals surface area contributed by atoms with E-state index in [0.717, 1.165) is 12.8 Å². The van der Waals surface area contributed by atoms with E-state index in [1.54, 1.807) is 0 Å². The standard InChI is InChI=1S/C13H25NO2/c1-13(2,3)11(14)12(15)16-10-8-6-4-5-7-9-10/h10-11H,4-9,14H2,1-3H3/t11-/m0/s1. The van der Waals surface area contributed by atoms with Crippen LogP contribution in [0.4, 0.5) is 0 Å². The van der Waals surface area contributed by atoms with Crippen LogP contribution in [0.2, 0.25) is 0 Å². The molecule has 1 rings (SSSR count). The second-order valence-electron chi connectivity index (χ2n) is 5.89. The van der Waals surface area contributed by atoms with Crippen LogP contribution in [0.25, 0.3) is 0 Å². The van der Waals surface area contributed by atoms with E-state index in [4.69, 9.17) is 10.5 Å². The summed E-state index contributed by atoms with van der Waals surface area (Å²) in [6.45, 7) is 5.89. The predicted octanol–water partition coefficient (Wildman–Crippen LogP) is 2.63. The normalized spacial score (nSPS) is 21.2. The average molecular weight is 227 g/mol. The molecule has 3 nitrogen and oxygen atoms in total. The number of nitrogens with two attached hydrogens (primary N) is 1. The maximum atomic E-state index is 11.8. The summed E-state index contributed by atoms with van der Waals surface area (Å²) in [5, 5.41) is 0. The van der Waals surface area contributed by atoms with Gasteiger partial charge in [-0.2, -0.15) is 0 Å². The first-order chi connectivity index (χ1) is 7.41. The molecular formula is C13H25NO2. The van der Waals surface area contributed by atoms with Crippen molar-refractivity contribution >= 4 is 5.97 Å². The zero-order chi connectivity index (χ0) is 12.2. The van der Waals surface area contributed by atoms with Crippen molar-refractivity contribution in [1.29, 1.82) is 0 Å². The topological polar surface area (TPSA) is 52.3 Å². The van der Waals surface area contributed by atoms with E-state index in [-0.39, 0.29) is 17.5 Å². The molecule has 0 radical (unpaired) electrons. The lowest BCUT2D eigenvalue weighted by Gasteiger charge is -2.27. The third kappa shape index (κ3) is 4.12. The Balaban J connectivity index is 2.43. The van der Waals surface area contributed by atoms with E-state index in [0.29, 0.717) is 0 Å². The molecule has 2 N–H and O–H groups in total. The Morgan fingerprint density at radius 2 is 1.69 bits per heavy atom. The number of carbonyl (C=O) groups excluding carboxylic acids is 1. The monoisotopic (exact) mass is 227 g/mol. The molecule has 1 aliphatic carbocycles. The van der Waals surface area contributed by atoms with Gasteiger partial charge in [0.15, 0.2) is 0 Å². The van der Waals surface area contributed by atoms with Crippen molar-refractivity contribution in [3.8, 4) is 0 Å². The van der Waals surface area contributed by atoms with E-state index in [1.165, 1.54) is 25.7 Å². The highest BCUT2D eigenvalue weighted by Gasteiger charge is 2.30. The lowest BCUT2D eigenvalue weighted by Crippen LogP contribution is -2.44. The Labute approximate surface area is 98.7 Å². The first-order valence-electron chi connectivity index (χ1n) is 6.37. The van der Waals surface area contributed by atoms with Crippen molar-refractivity contribution in [2.75, 3.05) is 0 Å². The van der Waals surface area contributed by atoms with E-state index < -0.39 is 6.04 Å². The van der Waals surface area contributed by atoms with Crippen molar-refractivity contribution < 1.29 is 9.53 Å². The number of esters is 1. The molecule has 0 saturated heterocycles. The molecule has 94 valence electrons. The largest absolute Gasteiger partial charge is 0.461 e. The molecule has 1 fully saturated rings. The smallest absolute Gasteiger partial charge is 0.323 e. The molecule has 1 atom stereocenters. The Kier molecular flexibility index (Phi) is 4.78. The fraction of sp³-hybridized carbons (Fsp3) is 0.923. The highest BCUT2D eigenvalue weighted by Crippen LogP contribution is 2.23. The summed E-state index contributed by atoms with van der Waals surface area (Å²) in [7, 11) is 0. The second kappa shape index (κ2) is 5.67.